The number of benzene rings is 1. The van der Waals surface area contributed by atoms with Gasteiger partial charge in [0.2, 0.25) is 0 Å². The van der Waals surface area contributed by atoms with Crippen molar-refractivity contribution < 1.29 is 29.3 Å². The van der Waals surface area contributed by atoms with Crippen molar-refractivity contribution in [3.05, 3.63) is 34.9 Å². The number of aliphatic hydroxyl groups is 1. The third-order valence-electron chi connectivity index (χ3n) is 3.63. The van der Waals surface area contributed by atoms with Crippen molar-refractivity contribution in [2.75, 3.05) is 7.11 Å². The van der Waals surface area contributed by atoms with E-state index in [0.29, 0.717) is 0 Å². The van der Waals surface area contributed by atoms with Crippen molar-refractivity contribution in [2.45, 2.75) is 12.0 Å². The number of fused-ring (bicyclic) bond motifs is 3. The van der Waals surface area contributed by atoms with Crippen molar-refractivity contribution >= 4 is 17.3 Å². The standard InChI is InChI=1S/C14H10O6/c1-20-13-9(16)3-2-7-11(13)14(19)8(12(7)18)4-6(15)5-10(14)17/h2-4,16,19H,5H2,1H3. The average Bonchev–Trinajstić information content (AvgIpc) is 2.62. The normalized spacial score (nSPS) is 24.3. The smallest absolute Gasteiger partial charge is 0.193 e. The van der Waals surface area contributed by atoms with E-state index in [1.165, 1.54) is 19.2 Å². The number of allylic oxidation sites excluding steroid dienone is 1. The zero-order chi connectivity index (χ0) is 14.7. The van der Waals surface area contributed by atoms with Crippen LogP contribution in [0.2, 0.25) is 0 Å². The minimum atomic E-state index is -2.22. The number of carbonyl (C=O) groups is 3. The second kappa shape index (κ2) is 3.77. The van der Waals surface area contributed by atoms with Crippen LogP contribution in [-0.2, 0) is 15.2 Å². The van der Waals surface area contributed by atoms with Gasteiger partial charge in [-0.05, 0) is 18.2 Å². The van der Waals surface area contributed by atoms with Crippen LogP contribution in [0.4, 0.5) is 0 Å². The Labute approximate surface area is 113 Å². The fourth-order valence-electron chi connectivity index (χ4n) is 2.73. The Morgan fingerprint density at radius 2 is 1.95 bits per heavy atom. The molecule has 0 heterocycles. The third kappa shape index (κ3) is 1.28. The summed E-state index contributed by atoms with van der Waals surface area (Å²) >= 11 is 0. The highest BCUT2D eigenvalue weighted by atomic mass is 16.5. The van der Waals surface area contributed by atoms with E-state index < -0.39 is 29.4 Å². The van der Waals surface area contributed by atoms with Gasteiger partial charge in [-0.25, -0.2) is 0 Å². The van der Waals surface area contributed by atoms with Crippen LogP contribution in [0.15, 0.2) is 23.8 Å². The molecule has 0 spiro atoms. The highest BCUT2D eigenvalue weighted by Gasteiger charge is 2.56. The molecule has 0 aliphatic heterocycles. The number of Topliss-reactive ketones (excluding diaryl/α,β-unsaturated/α-hetero) is 2. The molecule has 102 valence electrons. The molecule has 1 atom stereocenters. The van der Waals surface area contributed by atoms with Crippen molar-refractivity contribution in [1.29, 1.82) is 0 Å². The third-order valence-corrected chi connectivity index (χ3v) is 3.63. The second-order valence-corrected chi connectivity index (χ2v) is 4.70. The zero-order valence-electron chi connectivity index (χ0n) is 10.5. The molecule has 0 radical (unpaired) electrons. The Morgan fingerprint density at radius 3 is 2.60 bits per heavy atom. The van der Waals surface area contributed by atoms with E-state index in [2.05, 4.69) is 0 Å². The molecule has 6 heteroatoms. The Hall–Kier alpha value is -2.47. The molecule has 0 saturated heterocycles. The largest absolute Gasteiger partial charge is 0.504 e. The molecular formula is C14H10O6. The molecule has 1 aromatic rings. The number of hydrogen-bond donors (Lipinski definition) is 2. The summed E-state index contributed by atoms with van der Waals surface area (Å²) in [6, 6.07) is 2.54. The molecule has 2 N–H and O–H groups in total. The van der Waals surface area contributed by atoms with Crippen LogP contribution in [0.1, 0.15) is 22.3 Å². The van der Waals surface area contributed by atoms with Crippen LogP contribution in [0, 0.1) is 0 Å². The van der Waals surface area contributed by atoms with Gasteiger partial charge < -0.3 is 14.9 Å². The fraction of sp³-hybridized carbons (Fsp3) is 0.214. The summed E-state index contributed by atoms with van der Waals surface area (Å²) in [7, 11) is 1.25. The maximum absolute atomic E-state index is 12.2. The molecule has 0 saturated carbocycles. The first-order valence-electron chi connectivity index (χ1n) is 5.87. The van der Waals surface area contributed by atoms with Gasteiger partial charge in [-0.3, -0.25) is 14.4 Å². The minimum absolute atomic E-state index is 0.0523. The maximum Gasteiger partial charge on any atom is 0.193 e. The fourth-order valence-corrected chi connectivity index (χ4v) is 2.73. The highest BCUT2D eigenvalue weighted by molar-refractivity contribution is 6.28. The first kappa shape index (κ1) is 12.6. The summed E-state index contributed by atoms with van der Waals surface area (Å²) in [6.07, 6.45) is 0.492. The molecule has 3 rings (SSSR count). The van der Waals surface area contributed by atoms with E-state index in [0.717, 1.165) is 6.08 Å². The SMILES string of the molecule is COc1c(O)ccc2c1C1(O)C(=O)CC(=O)C=C1C2=O. The number of rotatable bonds is 1. The van der Waals surface area contributed by atoms with Crippen LogP contribution in [0.3, 0.4) is 0 Å². The first-order chi connectivity index (χ1) is 9.41. The number of ketones is 3. The summed E-state index contributed by atoms with van der Waals surface area (Å²) in [5.41, 5.74) is -2.53. The van der Waals surface area contributed by atoms with E-state index in [1.54, 1.807) is 0 Å². The highest BCUT2D eigenvalue weighted by Crippen LogP contribution is 2.50. The molecule has 6 nitrogen and oxygen atoms in total. The van der Waals surface area contributed by atoms with Crippen LogP contribution in [0.5, 0.6) is 11.5 Å². The van der Waals surface area contributed by atoms with Crippen molar-refractivity contribution in [1.82, 2.24) is 0 Å². The van der Waals surface area contributed by atoms with E-state index in [4.69, 9.17) is 4.74 Å². The van der Waals surface area contributed by atoms with E-state index in [1.807, 2.05) is 0 Å². The Bertz CT molecular complexity index is 715. The van der Waals surface area contributed by atoms with Crippen molar-refractivity contribution in [3.63, 3.8) is 0 Å². The van der Waals surface area contributed by atoms with Gasteiger partial charge in [0.05, 0.1) is 19.1 Å². The lowest BCUT2D eigenvalue weighted by molar-refractivity contribution is -0.138. The maximum atomic E-state index is 12.2. The topological polar surface area (TPSA) is 101 Å². The molecular weight excluding hydrogens is 264 g/mol. The molecule has 1 aromatic carbocycles. The molecule has 0 aromatic heterocycles. The number of hydrogen-bond acceptors (Lipinski definition) is 6. The van der Waals surface area contributed by atoms with E-state index >= 15 is 0 Å². The van der Waals surface area contributed by atoms with Gasteiger partial charge in [0.25, 0.3) is 0 Å². The summed E-state index contributed by atoms with van der Waals surface area (Å²) in [5.74, 6) is -2.36. The monoisotopic (exact) mass is 274 g/mol. The van der Waals surface area contributed by atoms with E-state index in [-0.39, 0.29) is 28.2 Å². The van der Waals surface area contributed by atoms with Crippen molar-refractivity contribution in [2.24, 2.45) is 0 Å². The predicted octanol–water partition coefficient (Wildman–Crippen LogP) is 0.253. The molecule has 20 heavy (non-hydrogen) atoms. The molecule has 0 bridgehead atoms. The van der Waals surface area contributed by atoms with Gasteiger partial charge in [0.15, 0.2) is 34.4 Å². The quantitative estimate of drug-likeness (QED) is 0.712. The van der Waals surface area contributed by atoms with Gasteiger partial charge in [-0.2, -0.15) is 0 Å². The Morgan fingerprint density at radius 1 is 1.25 bits per heavy atom. The molecule has 0 fully saturated rings. The number of ether oxygens (including phenoxy) is 1. The predicted molar refractivity (Wildman–Crippen MR) is 65.6 cm³/mol. The molecule has 1 unspecified atom stereocenters. The molecule has 0 amide bonds. The average molecular weight is 274 g/mol. The van der Waals surface area contributed by atoms with Gasteiger partial charge in [0, 0.05) is 11.1 Å². The lowest BCUT2D eigenvalue weighted by Crippen LogP contribution is -2.40. The van der Waals surface area contributed by atoms with E-state index in [9.17, 15) is 24.6 Å². The van der Waals surface area contributed by atoms with Gasteiger partial charge in [-0.1, -0.05) is 0 Å². The Kier molecular flexibility index (Phi) is 2.37. The lowest BCUT2D eigenvalue weighted by Gasteiger charge is -2.27. The number of phenolic OH excluding ortho intramolecular Hbond substituents is 1. The number of phenols is 1. The summed E-state index contributed by atoms with van der Waals surface area (Å²) in [5, 5.41) is 20.4. The van der Waals surface area contributed by atoms with Crippen LogP contribution in [-0.4, -0.2) is 34.7 Å². The zero-order valence-corrected chi connectivity index (χ0v) is 10.5. The first-order valence-corrected chi connectivity index (χ1v) is 5.87. The van der Waals surface area contributed by atoms with Gasteiger partial charge >= 0.3 is 0 Å². The summed E-state index contributed by atoms with van der Waals surface area (Å²) < 4.78 is 5.00. The number of methoxy groups -OCH3 is 1. The number of carbonyl (C=O) groups excluding carboxylic acids is 3. The van der Waals surface area contributed by atoms with Gasteiger partial charge in [0.1, 0.15) is 0 Å². The van der Waals surface area contributed by atoms with Crippen LogP contribution in [0.25, 0.3) is 0 Å². The van der Waals surface area contributed by atoms with Crippen molar-refractivity contribution in [3.8, 4) is 11.5 Å². The van der Waals surface area contributed by atoms with Crippen LogP contribution >= 0.6 is 0 Å². The minimum Gasteiger partial charge on any atom is -0.504 e. The molecule has 2 aliphatic carbocycles. The summed E-state index contributed by atoms with van der Waals surface area (Å²) in [6.45, 7) is 0. The number of aromatic hydroxyl groups is 1. The molecule has 2 aliphatic rings. The lowest BCUT2D eigenvalue weighted by atomic mass is 9.80. The second-order valence-electron chi connectivity index (χ2n) is 4.70. The Balaban J connectivity index is 2.42. The van der Waals surface area contributed by atoms with Gasteiger partial charge in [-0.15, -0.1) is 0 Å². The van der Waals surface area contributed by atoms with Crippen LogP contribution < -0.4 is 4.74 Å². The summed E-state index contributed by atoms with van der Waals surface area (Å²) in [4.78, 5) is 35.8.